The predicted molar refractivity (Wildman–Crippen MR) is 76.2 cm³/mol. The molecule has 0 saturated carbocycles. The Morgan fingerprint density at radius 1 is 1.45 bits per heavy atom. The van der Waals surface area contributed by atoms with Gasteiger partial charge in [-0.05, 0) is 12.5 Å². The molecule has 0 spiro atoms. The van der Waals surface area contributed by atoms with Crippen LogP contribution in [0.2, 0.25) is 5.02 Å². The maximum atomic E-state index is 12.1. The standard InChI is InChI=1S/C10H14ClN3O4S2/c1-12-10-9(11)4-8(5-13-10)20(17,18)14-7-2-3-19(15,16)6-7/h4-5,7,14H,2-3,6H2,1H3,(H,12,13). The van der Waals surface area contributed by atoms with Crippen molar-refractivity contribution in [1.29, 1.82) is 0 Å². The van der Waals surface area contributed by atoms with Crippen molar-refractivity contribution >= 4 is 37.3 Å². The Kier molecular flexibility index (Phi) is 4.24. The fourth-order valence-electron chi connectivity index (χ4n) is 1.93. The van der Waals surface area contributed by atoms with E-state index in [1.54, 1.807) is 7.05 Å². The monoisotopic (exact) mass is 339 g/mol. The highest BCUT2D eigenvalue weighted by atomic mass is 35.5. The lowest BCUT2D eigenvalue weighted by Gasteiger charge is -2.12. The Morgan fingerprint density at radius 2 is 2.15 bits per heavy atom. The maximum absolute atomic E-state index is 12.1. The summed E-state index contributed by atoms with van der Waals surface area (Å²) in [5.41, 5.74) is 0. The highest BCUT2D eigenvalue weighted by Gasteiger charge is 2.31. The average molecular weight is 340 g/mol. The maximum Gasteiger partial charge on any atom is 0.242 e. The molecular formula is C10H14ClN3O4S2. The summed E-state index contributed by atoms with van der Waals surface area (Å²) in [6, 6.07) is 0.666. The molecule has 1 aromatic rings. The lowest BCUT2D eigenvalue weighted by Crippen LogP contribution is -2.35. The second-order valence-corrected chi connectivity index (χ2v) is 8.82. The number of pyridine rings is 1. The first-order chi connectivity index (χ1) is 9.23. The molecule has 2 N–H and O–H groups in total. The molecule has 1 unspecified atom stereocenters. The zero-order valence-electron chi connectivity index (χ0n) is 10.6. The highest BCUT2D eigenvalue weighted by molar-refractivity contribution is 7.92. The minimum atomic E-state index is -3.83. The zero-order valence-corrected chi connectivity index (χ0v) is 13.0. The predicted octanol–water partition coefficient (Wildman–Crippen LogP) is 0.242. The van der Waals surface area contributed by atoms with Crippen molar-refractivity contribution in [3.05, 3.63) is 17.3 Å². The van der Waals surface area contributed by atoms with Crippen molar-refractivity contribution in [1.82, 2.24) is 9.71 Å². The van der Waals surface area contributed by atoms with Gasteiger partial charge in [-0.2, -0.15) is 0 Å². The zero-order chi connectivity index (χ0) is 15.0. The summed E-state index contributed by atoms with van der Waals surface area (Å²) in [4.78, 5) is 3.79. The van der Waals surface area contributed by atoms with Gasteiger partial charge in [0.1, 0.15) is 10.7 Å². The first-order valence-corrected chi connectivity index (χ1v) is 9.48. The molecule has 0 bridgehead atoms. The van der Waals surface area contributed by atoms with Crippen molar-refractivity contribution in [3.8, 4) is 0 Å². The quantitative estimate of drug-likeness (QED) is 0.814. The molecule has 1 atom stereocenters. The number of aromatic nitrogens is 1. The van der Waals surface area contributed by atoms with E-state index in [-0.39, 0.29) is 27.8 Å². The number of rotatable bonds is 4. The summed E-state index contributed by atoms with van der Waals surface area (Å²) >= 11 is 5.88. The van der Waals surface area contributed by atoms with Gasteiger partial charge in [-0.15, -0.1) is 0 Å². The van der Waals surface area contributed by atoms with Gasteiger partial charge >= 0.3 is 0 Å². The molecule has 0 aliphatic carbocycles. The summed E-state index contributed by atoms with van der Waals surface area (Å²) in [6.07, 6.45) is 1.45. The summed E-state index contributed by atoms with van der Waals surface area (Å²) < 4.78 is 49.3. The third-order valence-corrected chi connectivity index (χ3v) is 6.46. The molecule has 20 heavy (non-hydrogen) atoms. The van der Waals surface area contributed by atoms with Gasteiger partial charge in [-0.25, -0.2) is 26.5 Å². The van der Waals surface area contributed by atoms with E-state index in [1.165, 1.54) is 12.3 Å². The molecule has 1 fully saturated rings. The van der Waals surface area contributed by atoms with Crippen molar-refractivity contribution < 1.29 is 16.8 Å². The van der Waals surface area contributed by atoms with E-state index in [4.69, 9.17) is 11.6 Å². The average Bonchev–Trinajstić information content (AvgIpc) is 2.67. The summed E-state index contributed by atoms with van der Waals surface area (Å²) in [5, 5.41) is 2.90. The number of sulfonamides is 1. The minimum Gasteiger partial charge on any atom is -0.372 e. The molecule has 0 radical (unpaired) electrons. The van der Waals surface area contributed by atoms with Gasteiger partial charge in [0.05, 0.1) is 16.5 Å². The van der Waals surface area contributed by atoms with Gasteiger partial charge in [0.15, 0.2) is 9.84 Å². The van der Waals surface area contributed by atoms with Crippen molar-refractivity contribution in [2.75, 3.05) is 23.9 Å². The fourth-order valence-corrected chi connectivity index (χ4v) is 5.27. The molecule has 112 valence electrons. The van der Waals surface area contributed by atoms with E-state index < -0.39 is 25.9 Å². The normalized spacial score (nSPS) is 21.8. The first-order valence-electron chi connectivity index (χ1n) is 5.79. The van der Waals surface area contributed by atoms with Crippen LogP contribution in [0.5, 0.6) is 0 Å². The number of nitrogens with zero attached hydrogens (tertiary/aromatic N) is 1. The van der Waals surface area contributed by atoms with Crippen molar-refractivity contribution in [2.45, 2.75) is 17.4 Å². The Labute approximate surface area is 122 Å². The second kappa shape index (κ2) is 5.47. The van der Waals surface area contributed by atoms with Crippen LogP contribution in [0, 0.1) is 0 Å². The Balaban J connectivity index is 2.21. The van der Waals surface area contributed by atoms with Crippen LogP contribution >= 0.6 is 11.6 Å². The van der Waals surface area contributed by atoms with Gasteiger partial charge in [-0.1, -0.05) is 11.6 Å². The van der Waals surface area contributed by atoms with Crippen molar-refractivity contribution in [3.63, 3.8) is 0 Å². The van der Waals surface area contributed by atoms with Gasteiger partial charge < -0.3 is 5.32 Å². The number of halogens is 1. The number of sulfone groups is 1. The molecular weight excluding hydrogens is 326 g/mol. The molecule has 2 rings (SSSR count). The molecule has 7 nitrogen and oxygen atoms in total. The summed E-state index contributed by atoms with van der Waals surface area (Å²) in [7, 11) is -5.36. The van der Waals surface area contributed by atoms with Crippen LogP contribution in [0.15, 0.2) is 17.2 Å². The Hall–Kier alpha value is -0.900. The smallest absolute Gasteiger partial charge is 0.242 e. The van der Waals surface area contributed by atoms with Crippen LogP contribution in [-0.2, 0) is 19.9 Å². The van der Waals surface area contributed by atoms with Gasteiger partial charge in [-0.3, -0.25) is 0 Å². The highest BCUT2D eigenvalue weighted by Crippen LogP contribution is 2.22. The third kappa shape index (κ3) is 3.40. The number of nitrogens with one attached hydrogen (secondary N) is 2. The van der Waals surface area contributed by atoms with Gasteiger partial charge in [0.25, 0.3) is 0 Å². The van der Waals surface area contributed by atoms with E-state index in [2.05, 4.69) is 15.0 Å². The summed E-state index contributed by atoms with van der Waals surface area (Å²) in [6.45, 7) is 0. The molecule has 1 aromatic heterocycles. The molecule has 10 heteroatoms. The topological polar surface area (TPSA) is 105 Å². The second-order valence-electron chi connectivity index (χ2n) is 4.47. The van der Waals surface area contributed by atoms with Crippen LogP contribution in [0.1, 0.15) is 6.42 Å². The molecule has 0 amide bonds. The third-order valence-electron chi connectivity index (χ3n) is 2.92. The van der Waals surface area contributed by atoms with Crippen LogP contribution in [0.3, 0.4) is 0 Å². The number of hydrogen-bond donors (Lipinski definition) is 2. The molecule has 0 aromatic carbocycles. The van der Waals surface area contributed by atoms with Crippen LogP contribution in [0.4, 0.5) is 5.82 Å². The van der Waals surface area contributed by atoms with Crippen LogP contribution in [-0.4, -0.2) is 46.4 Å². The lowest BCUT2D eigenvalue weighted by atomic mass is 10.3. The molecule has 1 aliphatic heterocycles. The van der Waals surface area contributed by atoms with E-state index in [1.807, 2.05) is 0 Å². The Morgan fingerprint density at radius 3 is 2.65 bits per heavy atom. The van der Waals surface area contributed by atoms with Crippen LogP contribution < -0.4 is 10.0 Å². The first kappa shape index (κ1) is 15.5. The van der Waals surface area contributed by atoms with Gasteiger partial charge in [0.2, 0.25) is 10.0 Å². The van der Waals surface area contributed by atoms with E-state index in [9.17, 15) is 16.8 Å². The van der Waals surface area contributed by atoms with E-state index in [0.717, 1.165) is 0 Å². The SMILES string of the molecule is CNc1ncc(S(=O)(=O)NC2CCS(=O)(=O)C2)cc1Cl. The number of anilines is 1. The largest absolute Gasteiger partial charge is 0.372 e. The minimum absolute atomic E-state index is 0.00210. The molecule has 1 aliphatic rings. The van der Waals surface area contributed by atoms with E-state index >= 15 is 0 Å². The molecule has 2 heterocycles. The van der Waals surface area contributed by atoms with Crippen molar-refractivity contribution in [2.24, 2.45) is 0 Å². The van der Waals surface area contributed by atoms with Crippen LogP contribution in [0.25, 0.3) is 0 Å². The van der Waals surface area contributed by atoms with E-state index in [0.29, 0.717) is 5.82 Å². The fraction of sp³-hybridized carbons (Fsp3) is 0.500. The molecule has 1 saturated heterocycles. The Bertz CT molecular complexity index is 718. The lowest BCUT2D eigenvalue weighted by molar-refractivity contribution is 0.562. The number of hydrogen-bond acceptors (Lipinski definition) is 6. The summed E-state index contributed by atoms with van der Waals surface area (Å²) in [5.74, 6) is 0.189. The van der Waals surface area contributed by atoms with Gasteiger partial charge in [0, 0.05) is 19.3 Å².